The van der Waals surface area contributed by atoms with Crippen LogP contribution in [-0.4, -0.2) is 36.8 Å². The fourth-order valence-electron chi connectivity index (χ4n) is 2.20. The molecule has 1 aliphatic rings. The molecule has 1 saturated heterocycles. The molecule has 0 bridgehead atoms. The van der Waals surface area contributed by atoms with Gasteiger partial charge in [-0.2, -0.15) is 0 Å². The molecule has 1 unspecified atom stereocenters. The summed E-state index contributed by atoms with van der Waals surface area (Å²) in [6.07, 6.45) is 2.25. The van der Waals surface area contributed by atoms with E-state index in [9.17, 15) is 9.59 Å². The summed E-state index contributed by atoms with van der Waals surface area (Å²) >= 11 is 5.99. The molecule has 2 rings (SSSR count). The van der Waals surface area contributed by atoms with Crippen LogP contribution in [0.2, 0.25) is 5.02 Å². The van der Waals surface area contributed by atoms with E-state index < -0.39 is 12.6 Å². The molecule has 0 aromatic heterocycles. The second-order valence-corrected chi connectivity index (χ2v) is 5.55. The summed E-state index contributed by atoms with van der Waals surface area (Å²) in [6.45, 7) is 1.04. The van der Waals surface area contributed by atoms with E-state index in [4.69, 9.17) is 26.2 Å². The number of carbonyl (C=O) groups excluding carboxylic acids is 1. The minimum absolute atomic E-state index is 0.0813. The van der Waals surface area contributed by atoms with Crippen molar-refractivity contribution in [2.24, 2.45) is 5.92 Å². The molecule has 0 radical (unpaired) electrons. The quantitative estimate of drug-likeness (QED) is 0.804. The maximum atomic E-state index is 11.9. The molecular weight excluding hydrogens is 310 g/mol. The first-order chi connectivity index (χ1) is 10.5. The van der Waals surface area contributed by atoms with Crippen LogP contribution in [0.3, 0.4) is 0 Å². The van der Waals surface area contributed by atoms with Gasteiger partial charge in [0.2, 0.25) is 5.91 Å². The van der Waals surface area contributed by atoms with Crippen LogP contribution in [0.15, 0.2) is 18.2 Å². The summed E-state index contributed by atoms with van der Waals surface area (Å²) < 4.78 is 10.3. The third-order valence-electron chi connectivity index (χ3n) is 3.37. The molecule has 1 amide bonds. The Bertz CT molecular complexity index is 543. The highest BCUT2D eigenvalue weighted by molar-refractivity contribution is 6.32. The van der Waals surface area contributed by atoms with Gasteiger partial charge in [-0.15, -0.1) is 0 Å². The van der Waals surface area contributed by atoms with Crippen molar-refractivity contribution >= 4 is 29.2 Å². The summed E-state index contributed by atoms with van der Waals surface area (Å²) in [5.41, 5.74) is 0.556. The van der Waals surface area contributed by atoms with Crippen LogP contribution >= 0.6 is 11.6 Å². The molecule has 7 heteroatoms. The first kappa shape index (κ1) is 16.6. The zero-order valence-corrected chi connectivity index (χ0v) is 12.8. The molecule has 22 heavy (non-hydrogen) atoms. The molecule has 1 aromatic carbocycles. The van der Waals surface area contributed by atoms with Crippen molar-refractivity contribution in [2.45, 2.75) is 19.3 Å². The molecule has 0 spiro atoms. The first-order valence-electron chi connectivity index (χ1n) is 7.06. The highest BCUT2D eigenvalue weighted by atomic mass is 35.5. The molecule has 0 aliphatic carbocycles. The molecular formula is C15H18ClNO5. The van der Waals surface area contributed by atoms with Gasteiger partial charge in [0.05, 0.1) is 5.02 Å². The van der Waals surface area contributed by atoms with E-state index in [-0.39, 0.29) is 16.7 Å². The maximum absolute atomic E-state index is 11.9. The van der Waals surface area contributed by atoms with Crippen LogP contribution < -0.4 is 10.1 Å². The Morgan fingerprint density at radius 2 is 2.27 bits per heavy atom. The molecule has 1 atom stereocenters. The molecule has 2 N–H and O–H groups in total. The van der Waals surface area contributed by atoms with Gasteiger partial charge in [0.25, 0.3) is 0 Å². The van der Waals surface area contributed by atoms with E-state index >= 15 is 0 Å². The van der Waals surface area contributed by atoms with Crippen LogP contribution in [0.5, 0.6) is 5.75 Å². The lowest BCUT2D eigenvalue weighted by Crippen LogP contribution is -2.14. The lowest BCUT2D eigenvalue weighted by atomic mass is 10.0. The number of ether oxygens (including phenoxy) is 2. The minimum Gasteiger partial charge on any atom is -0.480 e. The van der Waals surface area contributed by atoms with E-state index in [1.807, 2.05) is 0 Å². The summed E-state index contributed by atoms with van der Waals surface area (Å²) in [6, 6.07) is 4.70. The van der Waals surface area contributed by atoms with Crippen molar-refractivity contribution in [2.75, 3.05) is 25.1 Å². The van der Waals surface area contributed by atoms with E-state index in [1.54, 1.807) is 6.07 Å². The Balaban J connectivity index is 1.82. The summed E-state index contributed by atoms with van der Waals surface area (Å²) in [5, 5.41) is 11.6. The van der Waals surface area contributed by atoms with Gasteiger partial charge in [-0.1, -0.05) is 11.6 Å². The van der Waals surface area contributed by atoms with Crippen molar-refractivity contribution in [3.63, 3.8) is 0 Å². The minimum atomic E-state index is -1.08. The Labute approximate surface area is 133 Å². The van der Waals surface area contributed by atoms with Gasteiger partial charge in [-0.25, -0.2) is 4.79 Å². The number of nitrogens with one attached hydrogen (secondary N) is 1. The molecule has 6 nitrogen and oxygen atoms in total. The third kappa shape index (κ3) is 5.20. The monoisotopic (exact) mass is 327 g/mol. The number of anilines is 1. The molecule has 120 valence electrons. The Morgan fingerprint density at radius 1 is 1.45 bits per heavy atom. The van der Waals surface area contributed by atoms with E-state index in [0.717, 1.165) is 26.1 Å². The number of rotatable bonds is 7. The number of benzene rings is 1. The SMILES string of the molecule is O=C(O)COc1ccc(NC(=O)CCC2CCOC2)cc1Cl. The smallest absolute Gasteiger partial charge is 0.341 e. The molecule has 1 aliphatic heterocycles. The average Bonchev–Trinajstić information content (AvgIpc) is 2.97. The molecule has 1 fully saturated rings. The largest absolute Gasteiger partial charge is 0.480 e. The number of hydrogen-bond acceptors (Lipinski definition) is 4. The Hall–Kier alpha value is -1.79. The second-order valence-electron chi connectivity index (χ2n) is 5.14. The van der Waals surface area contributed by atoms with Gasteiger partial charge >= 0.3 is 5.97 Å². The van der Waals surface area contributed by atoms with Crippen molar-refractivity contribution in [3.05, 3.63) is 23.2 Å². The summed E-state index contributed by atoms with van der Waals surface area (Å²) in [5.74, 6) is -0.433. The number of halogens is 1. The van der Waals surface area contributed by atoms with Gasteiger partial charge < -0.3 is 19.9 Å². The van der Waals surface area contributed by atoms with Gasteiger partial charge in [0.15, 0.2) is 6.61 Å². The fourth-order valence-corrected chi connectivity index (χ4v) is 2.44. The van der Waals surface area contributed by atoms with E-state index in [1.165, 1.54) is 12.1 Å². The van der Waals surface area contributed by atoms with Crippen molar-refractivity contribution in [1.29, 1.82) is 0 Å². The first-order valence-corrected chi connectivity index (χ1v) is 7.44. The van der Waals surface area contributed by atoms with Gasteiger partial charge in [-0.3, -0.25) is 4.79 Å². The highest BCUT2D eigenvalue weighted by Gasteiger charge is 2.17. The number of hydrogen-bond donors (Lipinski definition) is 2. The molecule has 1 aromatic rings. The van der Waals surface area contributed by atoms with Crippen molar-refractivity contribution in [3.8, 4) is 5.75 Å². The Kier molecular flexibility index (Phi) is 6.03. The lowest BCUT2D eigenvalue weighted by molar-refractivity contribution is -0.139. The fraction of sp³-hybridized carbons (Fsp3) is 0.467. The van der Waals surface area contributed by atoms with Gasteiger partial charge in [0, 0.05) is 25.3 Å². The van der Waals surface area contributed by atoms with E-state index in [0.29, 0.717) is 18.0 Å². The lowest BCUT2D eigenvalue weighted by Gasteiger charge is -2.10. The van der Waals surface area contributed by atoms with Crippen LogP contribution in [0, 0.1) is 5.92 Å². The standard InChI is InChI=1S/C15H18ClNO5/c16-12-7-11(2-3-13(12)22-9-15(19)20)17-14(18)4-1-10-5-6-21-8-10/h2-3,7,10H,1,4-6,8-9H2,(H,17,18)(H,19,20). The maximum Gasteiger partial charge on any atom is 0.341 e. The Morgan fingerprint density at radius 3 is 2.91 bits per heavy atom. The molecule has 1 heterocycles. The number of aliphatic carboxylic acids is 1. The highest BCUT2D eigenvalue weighted by Crippen LogP contribution is 2.28. The number of carbonyl (C=O) groups is 2. The normalized spacial score (nSPS) is 17.2. The average molecular weight is 328 g/mol. The van der Waals surface area contributed by atoms with Crippen LogP contribution in [0.4, 0.5) is 5.69 Å². The predicted molar refractivity (Wildman–Crippen MR) is 81.4 cm³/mol. The van der Waals surface area contributed by atoms with Gasteiger partial charge in [0.1, 0.15) is 5.75 Å². The number of carboxylic acids is 1. The second kappa shape index (κ2) is 8.00. The summed E-state index contributed by atoms with van der Waals surface area (Å²) in [7, 11) is 0. The van der Waals surface area contributed by atoms with Crippen molar-refractivity contribution < 1.29 is 24.2 Å². The topological polar surface area (TPSA) is 84.9 Å². The van der Waals surface area contributed by atoms with Crippen LogP contribution in [-0.2, 0) is 14.3 Å². The van der Waals surface area contributed by atoms with Gasteiger partial charge in [-0.05, 0) is 37.0 Å². The molecule has 0 saturated carbocycles. The summed E-state index contributed by atoms with van der Waals surface area (Å²) in [4.78, 5) is 22.3. The van der Waals surface area contributed by atoms with E-state index in [2.05, 4.69) is 5.32 Å². The predicted octanol–water partition coefficient (Wildman–Crippen LogP) is 2.56. The van der Waals surface area contributed by atoms with Crippen LogP contribution in [0.25, 0.3) is 0 Å². The van der Waals surface area contributed by atoms with Crippen LogP contribution in [0.1, 0.15) is 19.3 Å². The third-order valence-corrected chi connectivity index (χ3v) is 3.67. The van der Waals surface area contributed by atoms with Crippen molar-refractivity contribution in [1.82, 2.24) is 0 Å². The zero-order chi connectivity index (χ0) is 15.9. The zero-order valence-electron chi connectivity index (χ0n) is 12.0. The number of amides is 1. The number of carboxylic acid groups (broad SMARTS) is 1.